The van der Waals surface area contributed by atoms with Gasteiger partial charge in [-0.25, -0.2) is 0 Å². The van der Waals surface area contributed by atoms with Crippen LogP contribution in [0.4, 0.5) is 5.82 Å². The molecule has 7 heteroatoms. The molecule has 0 spiro atoms. The van der Waals surface area contributed by atoms with Crippen LogP contribution < -0.4 is 15.0 Å². The number of piperazine rings is 1. The van der Waals surface area contributed by atoms with Crippen LogP contribution in [0.3, 0.4) is 0 Å². The molecule has 27 heavy (non-hydrogen) atoms. The Morgan fingerprint density at radius 2 is 1.96 bits per heavy atom. The average Bonchev–Trinajstić information content (AvgIpc) is 3.08. The van der Waals surface area contributed by atoms with Gasteiger partial charge >= 0.3 is 0 Å². The minimum Gasteiger partial charge on any atom is -0.472 e. The summed E-state index contributed by atoms with van der Waals surface area (Å²) in [6, 6.07) is 9.57. The molecular formula is C20H21ClN4O2. The molecule has 140 valence electrons. The van der Waals surface area contributed by atoms with Crippen LogP contribution in [0.2, 0.25) is 5.02 Å². The lowest BCUT2D eigenvalue weighted by Crippen LogP contribution is -2.43. The number of aromatic nitrogens is 2. The Morgan fingerprint density at radius 3 is 2.74 bits per heavy atom. The molecule has 1 aliphatic rings. The molecule has 6 nitrogen and oxygen atoms in total. The van der Waals surface area contributed by atoms with Crippen LogP contribution >= 0.6 is 11.6 Å². The summed E-state index contributed by atoms with van der Waals surface area (Å²) >= 11 is 5.95. The number of anilines is 1. The SMILES string of the molecule is Cc1oc(-c2ccc(Cl)cc2)cc1COc1cncc(N2CCNCC2)n1. The first kappa shape index (κ1) is 17.8. The van der Waals surface area contributed by atoms with Crippen molar-refractivity contribution >= 4 is 17.4 Å². The standard InChI is InChI=1S/C20H21ClN4O2/c1-14-16(10-18(27-14)15-2-4-17(21)5-3-15)13-26-20-12-23-11-19(24-20)25-8-6-22-7-9-25/h2-5,10-12,22H,6-9,13H2,1H3. The number of hydrogen-bond acceptors (Lipinski definition) is 6. The van der Waals surface area contributed by atoms with Crippen molar-refractivity contribution in [3.8, 4) is 17.2 Å². The highest BCUT2D eigenvalue weighted by Crippen LogP contribution is 2.27. The number of ether oxygens (including phenoxy) is 1. The molecule has 0 saturated carbocycles. The molecule has 1 aliphatic heterocycles. The fourth-order valence-electron chi connectivity index (χ4n) is 3.03. The first-order valence-electron chi connectivity index (χ1n) is 8.95. The van der Waals surface area contributed by atoms with Gasteiger partial charge in [-0.1, -0.05) is 11.6 Å². The van der Waals surface area contributed by atoms with E-state index in [1.807, 2.05) is 37.3 Å². The second-order valence-corrected chi connectivity index (χ2v) is 6.88. The van der Waals surface area contributed by atoms with E-state index < -0.39 is 0 Å². The van der Waals surface area contributed by atoms with E-state index in [1.54, 1.807) is 12.4 Å². The Labute approximate surface area is 163 Å². The Balaban J connectivity index is 1.45. The topological polar surface area (TPSA) is 63.4 Å². The van der Waals surface area contributed by atoms with Crippen molar-refractivity contribution in [3.63, 3.8) is 0 Å². The number of hydrogen-bond donors (Lipinski definition) is 1. The fraction of sp³-hybridized carbons (Fsp3) is 0.300. The summed E-state index contributed by atoms with van der Waals surface area (Å²) < 4.78 is 11.7. The molecule has 0 atom stereocenters. The monoisotopic (exact) mass is 384 g/mol. The molecule has 1 aromatic carbocycles. The number of aryl methyl sites for hydroxylation is 1. The van der Waals surface area contributed by atoms with Gasteiger partial charge < -0.3 is 19.4 Å². The van der Waals surface area contributed by atoms with E-state index in [1.165, 1.54) is 0 Å². The molecule has 0 unspecified atom stereocenters. The summed E-state index contributed by atoms with van der Waals surface area (Å²) in [5.41, 5.74) is 1.96. The second kappa shape index (κ2) is 7.98. The van der Waals surface area contributed by atoms with Gasteiger partial charge in [0.05, 0.1) is 12.4 Å². The van der Waals surface area contributed by atoms with Crippen molar-refractivity contribution in [2.24, 2.45) is 0 Å². The van der Waals surface area contributed by atoms with E-state index >= 15 is 0 Å². The fourth-order valence-corrected chi connectivity index (χ4v) is 3.15. The van der Waals surface area contributed by atoms with Gasteiger partial charge in [0.2, 0.25) is 5.88 Å². The lowest BCUT2D eigenvalue weighted by Gasteiger charge is -2.28. The molecule has 1 N–H and O–H groups in total. The lowest BCUT2D eigenvalue weighted by atomic mass is 10.1. The highest BCUT2D eigenvalue weighted by molar-refractivity contribution is 6.30. The number of rotatable bonds is 5. The zero-order valence-corrected chi connectivity index (χ0v) is 15.9. The summed E-state index contributed by atoms with van der Waals surface area (Å²) in [6.07, 6.45) is 3.42. The van der Waals surface area contributed by atoms with Crippen LogP contribution in [0.1, 0.15) is 11.3 Å². The van der Waals surface area contributed by atoms with Crippen LogP contribution in [-0.2, 0) is 6.61 Å². The average molecular weight is 385 g/mol. The normalized spacial score (nSPS) is 14.4. The van der Waals surface area contributed by atoms with Gasteiger partial charge in [0.25, 0.3) is 0 Å². The molecule has 4 rings (SSSR count). The maximum absolute atomic E-state index is 5.95. The van der Waals surface area contributed by atoms with Gasteiger partial charge in [0, 0.05) is 42.3 Å². The third-order valence-electron chi connectivity index (χ3n) is 4.57. The molecular weight excluding hydrogens is 364 g/mol. The van der Waals surface area contributed by atoms with Crippen molar-refractivity contribution in [1.82, 2.24) is 15.3 Å². The summed E-state index contributed by atoms with van der Waals surface area (Å²) in [6.45, 7) is 6.05. The Kier molecular flexibility index (Phi) is 5.27. The largest absolute Gasteiger partial charge is 0.472 e. The number of nitrogens with one attached hydrogen (secondary N) is 1. The first-order valence-corrected chi connectivity index (χ1v) is 9.32. The molecule has 0 aliphatic carbocycles. The van der Waals surface area contributed by atoms with Crippen molar-refractivity contribution in [2.45, 2.75) is 13.5 Å². The zero-order chi connectivity index (χ0) is 18.6. The molecule has 1 fully saturated rings. The highest BCUT2D eigenvalue weighted by atomic mass is 35.5. The number of halogens is 1. The van der Waals surface area contributed by atoms with E-state index in [-0.39, 0.29) is 0 Å². The summed E-state index contributed by atoms with van der Waals surface area (Å²) in [5.74, 6) is 2.98. The van der Waals surface area contributed by atoms with E-state index in [0.717, 1.165) is 54.6 Å². The second-order valence-electron chi connectivity index (χ2n) is 6.44. The molecule has 3 heterocycles. The van der Waals surface area contributed by atoms with Crippen LogP contribution in [0.15, 0.2) is 47.1 Å². The lowest BCUT2D eigenvalue weighted by molar-refractivity contribution is 0.290. The maximum atomic E-state index is 5.95. The van der Waals surface area contributed by atoms with E-state index in [4.69, 9.17) is 20.8 Å². The third-order valence-corrected chi connectivity index (χ3v) is 4.82. The number of furan rings is 1. The van der Waals surface area contributed by atoms with Crippen LogP contribution in [-0.4, -0.2) is 36.1 Å². The first-order chi connectivity index (χ1) is 13.2. The van der Waals surface area contributed by atoms with Crippen molar-refractivity contribution < 1.29 is 9.15 Å². The molecule has 3 aromatic rings. The minimum atomic E-state index is 0.378. The minimum absolute atomic E-state index is 0.378. The van der Waals surface area contributed by atoms with Crippen molar-refractivity contribution in [2.75, 3.05) is 31.1 Å². The zero-order valence-electron chi connectivity index (χ0n) is 15.1. The smallest absolute Gasteiger partial charge is 0.234 e. The Morgan fingerprint density at radius 1 is 1.19 bits per heavy atom. The van der Waals surface area contributed by atoms with Gasteiger partial charge in [-0.2, -0.15) is 4.98 Å². The van der Waals surface area contributed by atoms with Crippen molar-refractivity contribution in [3.05, 3.63) is 59.1 Å². The molecule has 0 amide bonds. The van der Waals surface area contributed by atoms with Gasteiger partial charge in [-0.3, -0.25) is 4.98 Å². The summed E-state index contributed by atoms with van der Waals surface area (Å²) in [5, 5.41) is 4.03. The summed E-state index contributed by atoms with van der Waals surface area (Å²) in [4.78, 5) is 11.1. The van der Waals surface area contributed by atoms with Gasteiger partial charge in [-0.15, -0.1) is 0 Å². The quantitative estimate of drug-likeness (QED) is 0.723. The van der Waals surface area contributed by atoms with E-state index in [9.17, 15) is 0 Å². The summed E-state index contributed by atoms with van der Waals surface area (Å²) in [7, 11) is 0. The van der Waals surface area contributed by atoms with Crippen LogP contribution in [0.5, 0.6) is 5.88 Å². The van der Waals surface area contributed by atoms with Crippen molar-refractivity contribution in [1.29, 1.82) is 0 Å². The van der Waals surface area contributed by atoms with E-state index in [2.05, 4.69) is 20.2 Å². The molecule has 1 saturated heterocycles. The van der Waals surface area contributed by atoms with Gasteiger partial charge in [-0.05, 0) is 37.3 Å². The Hall–Kier alpha value is -2.57. The number of benzene rings is 1. The predicted octanol–water partition coefficient (Wildman–Crippen LogP) is 3.69. The molecule has 2 aromatic heterocycles. The molecule has 0 bridgehead atoms. The Bertz CT molecular complexity index is 905. The van der Waals surface area contributed by atoms with Gasteiger partial charge in [0.1, 0.15) is 18.1 Å². The third kappa shape index (κ3) is 4.23. The molecule has 0 radical (unpaired) electrons. The van der Waals surface area contributed by atoms with Crippen LogP contribution in [0, 0.1) is 6.92 Å². The highest BCUT2D eigenvalue weighted by Gasteiger charge is 2.14. The van der Waals surface area contributed by atoms with Gasteiger partial charge in [0.15, 0.2) is 5.82 Å². The predicted molar refractivity (Wildman–Crippen MR) is 105 cm³/mol. The number of nitrogens with zero attached hydrogens (tertiary/aromatic N) is 3. The maximum Gasteiger partial charge on any atom is 0.234 e. The van der Waals surface area contributed by atoms with Crippen LogP contribution in [0.25, 0.3) is 11.3 Å². The van der Waals surface area contributed by atoms with E-state index in [0.29, 0.717) is 17.5 Å².